The van der Waals surface area contributed by atoms with E-state index in [4.69, 9.17) is 4.42 Å². The van der Waals surface area contributed by atoms with Crippen molar-refractivity contribution in [2.45, 2.75) is 0 Å². The molecule has 2 N–H and O–H groups in total. The van der Waals surface area contributed by atoms with E-state index in [1.807, 2.05) is 0 Å². The van der Waals surface area contributed by atoms with Gasteiger partial charge in [-0.15, -0.1) is 4.91 Å². The fourth-order valence-corrected chi connectivity index (χ4v) is 2.08. The van der Waals surface area contributed by atoms with Crippen LogP contribution in [0, 0.1) is 4.91 Å². The van der Waals surface area contributed by atoms with Crippen molar-refractivity contribution in [3.63, 3.8) is 0 Å². The molecular formula is C15H9NO5. The van der Waals surface area contributed by atoms with Crippen LogP contribution in [0.3, 0.4) is 0 Å². The van der Waals surface area contributed by atoms with Gasteiger partial charge < -0.3 is 14.6 Å². The maximum absolute atomic E-state index is 12.1. The van der Waals surface area contributed by atoms with Crippen LogP contribution in [-0.4, -0.2) is 10.2 Å². The average molecular weight is 283 g/mol. The number of rotatable bonds is 2. The second-order valence-corrected chi connectivity index (χ2v) is 4.45. The van der Waals surface area contributed by atoms with Gasteiger partial charge in [0.1, 0.15) is 33.9 Å². The van der Waals surface area contributed by atoms with Crippen molar-refractivity contribution in [2.24, 2.45) is 5.18 Å². The van der Waals surface area contributed by atoms with Gasteiger partial charge in [-0.2, -0.15) is 0 Å². The van der Waals surface area contributed by atoms with E-state index >= 15 is 0 Å². The van der Waals surface area contributed by atoms with Crippen molar-refractivity contribution in [2.75, 3.05) is 0 Å². The molecule has 3 rings (SSSR count). The Hall–Kier alpha value is -3.15. The molecule has 104 valence electrons. The number of benzene rings is 2. The van der Waals surface area contributed by atoms with Crippen LogP contribution in [0.15, 0.2) is 56.9 Å². The highest BCUT2D eigenvalue weighted by Crippen LogP contribution is 2.30. The fourth-order valence-electron chi connectivity index (χ4n) is 2.08. The average Bonchev–Trinajstić information content (AvgIpc) is 2.46. The van der Waals surface area contributed by atoms with Crippen LogP contribution in [0.2, 0.25) is 0 Å². The number of phenols is 2. The molecule has 0 aliphatic heterocycles. The van der Waals surface area contributed by atoms with Gasteiger partial charge in [0.25, 0.3) is 0 Å². The largest absolute Gasteiger partial charge is 0.508 e. The van der Waals surface area contributed by atoms with E-state index in [9.17, 15) is 19.9 Å². The highest BCUT2D eigenvalue weighted by atomic mass is 16.3. The first-order chi connectivity index (χ1) is 10.1. The Labute approximate surface area is 117 Å². The number of aromatic hydroxyl groups is 2. The summed E-state index contributed by atoms with van der Waals surface area (Å²) in [6.07, 6.45) is 0. The van der Waals surface area contributed by atoms with E-state index in [-0.39, 0.29) is 33.9 Å². The number of nitroso groups, excluding NO2 is 1. The Morgan fingerprint density at radius 3 is 2.38 bits per heavy atom. The lowest BCUT2D eigenvalue weighted by atomic mass is 10.1. The minimum atomic E-state index is -0.429. The zero-order valence-electron chi connectivity index (χ0n) is 10.6. The van der Waals surface area contributed by atoms with Gasteiger partial charge in [-0.3, -0.25) is 4.79 Å². The van der Waals surface area contributed by atoms with Crippen LogP contribution in [-0.2, 0) is 0 Å². The Bertz CT molecular complexity index is 896. The summed E-state index contributed by atoms with van der Waals surface area (Å²) in [6, 6.07) is 9.72. The molecule has 0 aliphatic rings. The zero-order valence-corrected chi connectivity index (χ0v) is 10.6. The molecule has 2 aromatic carbocycles. The number of nitrogens with zero attached hydrogens (tertiary/aromatic N) is 1. The summed E-state index contributed by atoms with van der Waals surface area (Å²) < 4.78 is 5.54. The van der Waals surface area contributed by atoms with Crippen molar-refractivity contribution >= 4 is 16.7 Å². The third-order valence-electron chi connectivity index (χ3n) is 3.05. The summed E-state index contributed by atoms with van der Waals surface area (Å²) in [7, 11) is 0. The van der Waals surface area contributed by atoms with Gasteiger partial charge in [0.15, 0.2) is 5.43 Å². The third kappa shape index (κ3) is 2.23. The molecule has 0 unspecified atom stereocenters. The number of fused-ring (bicyclic) bond motifs is 1. The minimum Gasteiger partial charge on any atom is -0.508 e. The Morgan fingerprint density at radius 1 is 1.00 bits per heavy atom. The van der Waals surface area contributed by atoms with Crippen molar-refractivity contribution in [3.8, 4) is 22.8 Å². The standard InChI is InChI=1S/C15H9NO5/c17-10-5-11(18)15-12(19)7-13(21-14(15)6-10)8-1-3-9(16-20)4-2-8/h1-7,17-18H. The Balaban J connectivity index is 2.24. The van der Waals surface area contributed by atoms with Crippen molar-refractivity contribution in [1.82, 2.24) is 0 Å². The van der Waals surface area contributed by atoms with Crippen LogP contribution in [0.1, 0.15) is 0 Å². The Kier molecular flexibility index (Phi) is 2.91. The monoisotopic (exact) mass is 283 g/mol. The maximum Gasteiger partial charge on any atom is 0.197 e. The van der Waals surface area contributed by atoms with E-state index in [1.165, 1.54) is 24.3 Å². The van der Waals surface area contributed by atoms with Crippen LogP contribution in [0.5, 0.6) is 11.5 Å². The molecule has 0 amide bonds. The fraction of sp³-hybridized carbons (Fsp3) is 0. The molecule has 0 bridgehead atoms. The zero-order chi connectivity index (χ0) is 15.0. The molecule has 0 atom stereocenters. The summed E-state index contributed by atoms with van der Waals surface area (Å²) in [6.45, 7) is 0. The molecule has 0 radical (unpaired) electrons. The molecular weight excluding hydrogens is 274 g/mol. The maximum atomic E-state index is 12.1. The number of hydrogen-bond acceptors (Lipinski definition) is 6. The van der Waals surface area contributed by atoms with Gasteiger partial charge in [0.05, 0.1) is 0 Å². The molecule has 0 fully saturated rings. The van der Waals surface area contributed by atoms with E-state index < -0.39 is 5.43 Å². The summed E-state index contributed by atoms with van der Waals surface area (Å²) >= 11 is 0. The van der Waals surface area contributed by atoms with E-state index in [0.717, 1.165) is 6.07 Å². The van der Waals surface area contributed by atoms with Crippen LogP contribution in [0.4, 0.5) is 5.69 Å². The molecule has 6 heteroatoms. The van der Waals surface area contributed by atoms with Gasteiger partial charge in [-0.05, 0) is 29.4 Å². The van der Waals surface area contributed by atoms with Crippen molar-refractivity contribution in [3.05, 3.63) is 57.6 Å². The van der Waals surface area contributed by atoms with Gasteiger partial charge >= 0.3 is 0 Å². The molecule has 3 aromatic rings. The first-order valence-corrected chi connectivity index (χ1v) is 6.02. The van der Waals surface area contributed by atoms with E-state index in [2.05, 4.69) is 5.18 Å². The second-order valence-electron chi connectivity index (χ2n) is 4.45. The molecule has 0 saturated heterocycles. The summed E-state index contributed by atoms with van der Waals surface area (Å²) in [5.74, 6) is -0.290. The minimum absolute atomic E-state index is 0.00253. The van der Waals surface area contributed by atoms with Crippen LogP contribution in [0.25, 0.3) is 22.3 Å². The van der Waals surface area contributed by atoms with Crippen LogP contribution < -0.4 is 5.43 Å². The number of hydrogen-bond donors (Lipinski definition) is 2. The molecule has 1 heterocycles. The topological polar surface area (TPSA) is 100 Å². The molecule has 21 heavy (non-hydrogen) atoms. The molecule has 0 aliphatic carbocycles. The normalized spacial score (nSPS) is 10.7. The van der Waals surface area contributed by atoms with Gasteiger partial charge in [0, 0.05) is 23.8 Å². The highest BCUT2D eigenvalue weighted by molar-refractivity contribution is 5.86. The first kappa shape index (κ1) is 12.9. The highest BCUT2D eigenvalue weighted by Gasteiger charge is 2.12. The summed E-state index contributed by atoms with van der Waals surface area (Å²) in [5, 5.41) is 21.9. The van der Waals surface area contributed by atoms with E-state index in [0.29, 0.717) is 5.56 Å². The Morgan fingerprint density at radius 2 is 1.71 bits per heavy atom. The van der Waals surface area contributed by atoms with Crippen molar-refractivity contribution < 1.29 is 14.6 Å². The summed E-state index contributed by atoms with van der Waals surface area (Å²) in [4.78, 5) is 22.4. The second kappa shape index (κ2) is 4.75. The quantitative estimate of drug-likeness (QED) is 0.703. The third-order valence-corrected chi connectivity index (χ3v) is 3.05. The lowest BCUT2D eigenvalue weighted by molar-refractivity contribution is 0.452. The lowest BCUT2D eigenvalue weighted by Gasteiger charge is -2.05. The summed E-state index contributed by atoms with van der Waals surface area (Å²) in [5.41, 5.74) is 0.482. The molecule has 0 spiro atoms. The smallest absolute Gasteiger partial charge is 0.197 e. The first-order valence-electron chi connectivity index (χ1n) is 6.02. The van der Waals surface area contributed by atoms with Crippen LogP contribution >= 0.6 is 0 Å². The SMILES string of the molecule is O=Nc1ccc(-c2cc(=O)c3c(O)cc(O)cc3o2)cc1. The van der Waals surface area contributed by atoms with Gasteiger partial charge in [-0.25, -0.2) is 0 Å². The molecule has 0 saturated carbocycles. The van der Waals surface area contributed by atoms with Gasteiger partial charge in [-0.1, -0.05) is 0 Å². The van der Waals surface area contributed by atoms with E-state index in [1.54, 1.807) is 12.1 Å². The number of phenolic OH excluding ortho intramolecular Hbond substituents is 2. The molecule has 1 aromatic heterocycles. The lowest BCUT2D eigenvalue weighted by Crippen LogP contribution is -2.00. The predicted octanol–water partition coefficient (Wildman–Crippen LogP) is 3.27. The van der Waals surface area contributed by atoms with Crippen molar-refractivity contribution in [1.29, 1.82) is 0 Å². The predicted molar refractivity (Wildman–Crippen MR) is 76.7 cm³/mol. The molecule has 6 nitrogen and oxygen atoms in total. The van der Waals surface area contributed by atoms with Gasteiger partial charge in [0.2, 0.25) is 0 Å².